The molecule has 0 rings (SSSR count). The van der Waals surface area contributed by atoms with Gasteiger partial charge in [0.15, 0.2) is 0 Å². The molecule has 0 nitrogen and oxygen atoms in total. The van der Waals surface area contributed by atoms with Crippen LogP contribution in [0.4, 0.5) is 0 Å². The summed E-state index contributed by atoms with van der Waals surface area (Å²) in [7, 11) is 0. The van der Waals surface area contributed by atoms with E-state index >= 15 is 0 Å². The maximum Gasteiger partial charge on any atom is -0.0386 e. The lowest BCUT2D eigenvalue weighted by Crippen LogP contribution is -2.18. The highest BCUT2D eigenvalue weighted by Gasteiger charge is 2.21. The smallest absolute Gasteiger partial charge is 0.0386 e. The SMILES string of the molecule is CCCCC(CCCC)C(CC)CC(CC)CC. The highest BCUT2D eigenvalue weighted by atomic mass is 14.3. The highest BCUT2D eigenvalue weighted by Crippen LogP contribution is 2.33. The first-order valence-corrected chi connectivity index (χ1v) is 8.73. The minimum absolute atomic E-state index is 0.973. The first-order chi connectivity index (χ1) is 8.73. The summed E-state index contributed by atoms with van der Waals surface area (Å²) in [5.41, 5.74) is 0. The fourth-order valence-corrected chi connectivity index (χ4v) is 3.29. The topological polar surface area (TPSA) is 0 Å². The Bertz CT molecular complexity index is 149. The van der Waals surface area contributed by atoms with Crippen molar-refractivity contribution in [1.82, 2.24) is 0 Å². The Labute approximate surface area is 117 Å². The Hall–Kier alpha value is 0. The second-order valence-electron chi connectivity index (χ2n) is 6.13. The molecule has 1 atom stereocenters. The molecule has 0 bridgehead atoms. The quantitative estimate of drug-likeness (QED) is 0.358. The predicted molar refractivity (Wildman–Crippen MR) is 85.0 cm³/mol. The zero-order chi connectivity index (χ0) is 13.8. The van der Waals surface area contributed by atoms with Crippen LogP contribution in [0.5, 0.6) is 0 Å². The van der Waals surface area contributed by atoms with E-state index in [1.807, 2.05) is 0 Å². The van der Waals surface area contributed by atoms with Crippen molar-refractivity contribution in [1.29, 1.82) is 0 Å². The molecule has 0 fully saturated rings. The second kappa shape index (κ2) is 12.1. The molecular weight excluding hydrogens is 216 g/mol. The van der Waals surface area contributed by atoms with Crippen molar-refractivity contribution in [3.05, 3.63) is 0 Å². The molecule has 0 spiro atoms. The van der Waals surface area contributed by atoms with Crippen LogP contribution in [-0.2, 0) is 0 Å². The lowest BCUT2D eigenvalue weighted by molar-refractivity contribution is 0.220. The maximum atomic E-state index is 2.41. The van der Waals surface area contributed by atoms with Crippen molar-refractivity contribution in [2.24, 2.45) is 17.8 Å². The van der Waals surface area contributed by atoms with Crippen molar-refractivity contribution >= 4 is 0 Å². The number of hydrogen-bond donors (Lipinski definition) is 0. The molecule has 0 aliphatic heterocycles. The molecular formula is C18H38. The summed E-state index contributed by atoms with van der Waals surface area (Å²) in [6.45, 7) is 11.8. The summed E-state index contributed by atoms with van der Waals surface area (Å²) >= 11 is 0. The van der Waals surface area contributed by atoms with Gasteiger partial charge in [0.05, 0.1) is 0 Å². The molecule has 0 aliphatic carbocycles. The number of rotatable bonds is 12. The largest absolute Gasteiger partial charge is 0.0654 e. The molecule has 0 aliphatic rings. The van der Waals surface area contributed by atoms with E-state index in [0.717, 1.165) is 17.8 Å². The third-order valence-electron chi connectivity index (χ3n) is 4.84. The van der Waals surface area contributed by atoms with Gasteiger partial charge in [0.1, 0.15) is 0 Å². The molecule has 0 N–H and O–H groups in total. The molecule has 0 aromatic carbocycles. The third-order valence-corrected chi connectivity index (χ3v) is 4.84. The summed E-state index contributed by atoms with van der Waals surface area (Å²) in [5, 5.41) is 0. The summed E-state index contributed by atoms with van der Waals surface area (Å²) in [6, 6.07) is 0. The first-order valence-electron chi connectivity index (χ1n) is 8.73. The fourth-order valence-electron chi connectivity index (χ4n) is 3.29. The van der Waals surface area contributed by atoms with Gasteiger partial charge in [0, 0.05) is 0 Å². The van der Waals surface area contributed by atoms with Gasteiger partial charge < -0.3 is 0 Å². The molecule has 0 amide bonds. The number of unbranched alkanes of at least 4 members (excludes halogenated alkanes) is 2. The highest BCUT2D eigenvalue weighted by molar-refractivity contribution is 4.72. The molecule has 0 heterocycles. The standard InChI is InChI=1S/C18H38/c1-6-11-13-18(14-12-7-2)17(10-5)15-16(8-3)9-4/h16-18H,6-15H2,1-5H3. The summed E-state index contributed by atoms with van der Waals surface area (Å²) < 4.78 is 0. The Morgan fingerprint density at radius 2 is 1.11 bits per heavy atom. The summed E-state index contributed by atoms with van der Waals surface area (Å²) in [4.78, 5) is 0. The molecule has 110 valence electrons. The predicted octanol–water partition coefficient (Wildman–Crippen LogP) is 6.84. The van der Waals surface area contributed by atoms with Crippen LogP contribution in [0.15, 0.2) is 0 Å². The molecule has 0 saturated heterocycles. The average molecular weight is 255 g/mol. The fraction of sp³-hybridized carbons (Fsp3) is 1.00. The van der Waals surface area contributed by atoms with Gasteiger partial charge in [-0.2, -0.15) is 0 Å². The molecule has 1 unspecified atom stereocenters. The van der Waals surface area contributed by atoms with Crippen LogP contribution in [0.25, 0.3) is 0 Å². The monoisotopic (exact) mass is 254 g/mol. The molecule has 0 saturated carbocycles. The zero-order valence-electron chi connectivity index (χ0n) is 13.8. The van der Waals surface area contributed by atoms with Crippen molar-refractivity contribution in [3.8, 4) is 0 Å². The van der Waals surface area contributed by atoms with Crippen LogP contribution in [0, 0.1) is 17.8 Å². The van der Waals surface area contributed by atoms with E-state index in [9.17, 15) is 0 Å². The minimum Gasteiger partial charge on any atom is -0.0654 e. The normalized spacial score (nSPS) is 13.5. The Kier molecular flexibility index (Phi) is 12.1. The van der Waals surface area contributed by atoms with Gasteiger partial charge in [0.2, 0.25) is 0 Å². The van der Waals surface area contributed by atoms with Crippen LogP contribution in [0.1, 0.15) is 98.8 Å². The van der Waals surface area contributed by atoms with Crippen molar-refractivity contribution < 1.29 is 0 Å². The van der Waals surface area contributed by atoms with E-state index in [0.29, 0.717) is 0 Å². The summed E-state index contributed by atoms with van der Waals surface area (Å²) in [6.07, 6.45) is 14.2. The van der Waals surface area contributed by atoms with E-state index in [-0.39, 0.29) is 0 Å². The van der Waals surface area contributed by atoms with Gasteiger partial charge in [-0.25, -0.2) is 0 Å². The zero-order valence-corrected chi connectivity index (χ0v) is 13.8. The van der Waals surface area contributed by atoms with E-state index in [1.165, 1.54) is 64.2 Å². The Morgan fingerprint density at radius 3 is 1.44 bits per heavy atom. The van der Waals surface area contributed by atoms with E-state index < -0.39 is 0 Å². The average Bonchev–Trinajstić information content (AvgIpc) is 2.41. The molecule has 0 radical (unpaired) electrons. The van der Waals surface area contributed by atoms with Crippen LogP contribution in [-0.4, -0.2) is 0 Å². The van der Waals surface area contributed by atoms with Crippen LogP contribution in [0.2, 0.25) is 0 Å². The number of hydrogen-bond acceptors (Lipinski definition) is 0. The van der Waals surface area contributed by atoms with E-state index in [2.05, 4.69) is 34.6 Å². The van der Waals surface area contributed by atoms with E-state index in [1.54, 1.807) is 0 Å². The summed E-state index contributed by atoms with van der Waals surface area (Å²) in [5.74, 6) is 2.98. The van der Waals surface area contributed by atoms with Crippen molar-refractivity contribution in [2.75, 3.05) is 0 Å². The first kappa shape index (κ1) is 18.0. The molecule has 0 heteroatoms. The van der Waals surface area contributed by atoms with Crippen LogP contribution < -0.4 is 0 Å². The molecule has 0 aromatic heterocycles. The third kappa shape index (κ3) is 7.44. The minimum atomic E-state index is 0.973. The van der Waals surface area contributed by atoms with Crippen molar-refractivity contribution in [3.63, 3.8) is 0 Å². The lowest BCUT2D eigenvalue weighted by Gasteiger charge is -2.29. The van der Waals surface area contributed by atoms with Crippen LogP contribution >= 0.6 is 0 Å². The van der Waals surface area contributed by atoms with Gasteiger partial charge >= 0.3 is 0 Å². The van der Waals surface area contributed by atoms with E-state index in [4.69, 9.17) is 0 Å². The van der Waals surface area contributed by atoms with Crippen LogP contribution in [0.3, 0.4) is 0 Å². The molecule has 0 aromatic rings. The Morgan fingerprint density at radius 1 is 0.611 bits per heavy atom. The van der Waals surface area contributed by atoms with Gasteiger partial charge in [-0.05, 0) is 24.2 Å². The van der Waals surface area contributed by atoms with Gasteiger partial charge in [-0.15, -0.1) is 0 Å². The molecule has 18 heavy (non-hydrogen) atoms. The lowest BCUT2D eigenvalue weighted by atomic mass is 9.76. The van der Waals surface area contributed by atoms with Gasteiger partial charge in [-0.3, -0.25) is 0 Å². The Balaban J connectivity index is 4.36. The van der Waals surface area contributed by atoms with Crippen molar-refractivity contribution in [2.45, 2.75) is 98.8 Å². The van der Waals surface area contributed by atoms with Gasteiger partial charge in [0.25, 0.3) is 0 Å². The second-order valence-corrected chi connectivity index (χ2v) is 6.13. The maximum absolute atomic E-state index is 2.41. The van der Waals surface area contributed by atoms with Gasteiger partial charge in [-0.1, -0.05) is 92.4 Å².